The molecule has 0 radical (unpaired) electrons. The fourth-order valence-electron chi connectivity index (χ4n) is 6.31. The van der Waals surface area contributed by atoms with Crippen molar-refractivity contribution in [3.05, 3.63) is 114 Å². The first-order valence-electron chi connectivity index (χ1n) is 17.4. The molecule has 0 atom stereocenters. The Hall–Kier alpha value is -6.49. The highest BCUT2D eigenvalue weighted by molar-refractivity contribution is 7.37. The van der Waals surface area contributed by atoms with Crippen molar-refractivity contribution >= 4 is 120 Å². The number of carbonyl (C=O) groups excluding carboxylic acids is 2. The first-order chi connectivity index (χ1) is 28.8. The van der Waals surface area contributed by atoms with Crippen LogP contribution in [0.25, 0.3) is 48.1 Å². The summed E-state index contributed by atoms with van der Waals surface area (Å²) in [6, 6.07) is 35.1. The molecule has 11 nitrogen and oxygen atoms in total. The Bertz CT molecular complexity index is 3070. The summed E-state index contributed by atoms with van der Waals surface area (Å²) in [6.45, 7) is -0.231. The zero-order valence-electron chi connectivity index (χ0n) is 30.0. The molecule has 0 saturated heterocycles. The number of amidine groups is 1. The van der Waals surface area contributed by atoms with Crippen LogP contribution in [0.5, 0.6) is 5.75 Å². The molecule has 286 valence electrons. The molecule has 1 aliphatic rings. The lowest BCUT2D eigenvalue weighted by Gasteiger charge is -2.33. The maximum Gasteiger partial charge on any atom is 0.367 e. The van der Waals surface area contributed by atoms with Crippen LogP contribution in [0.15, 0.2) is 107 Å². The topological polar surface area (TPSA) is 184 Å². The maximum atomic E-state index is 15.0. The van der Waals surface area contributed by atoms with Gasteiger partial charge in [0, 0.05) is 24.2 Å². The van der Waals surface area contributed by atoms with Crippen LogP contribution in [-0.2, 0) is 37.9 Å². The van der Waals surface area contributed by atoms with Crippen LogP contribution in [0, 0.1) is 34.0 Å². The summed E-state index contributed by atoms with van der Waals surface area (Å²) in [5.41, 5.74) is 4.86. The molecule has 2 aromatic carbocycles. The van der Waals surface area contributed by atoms with Gasteiger partial charge in [0.05, 0.1) is 29.4 Å². The van der Waals surface area contributed by atoms with E-state index in [0.717, 1.165) is 49.6 Å². The van der Waals surface area contributed by atoms with E-state index in [1.807, 2.05) is 91.0 Å². The Kier molecular flexibility index (Phi) is 10.1. The summed E-state index contributed by atoms with van der Waals surface area (Å²) >= 11 is 8.48. The number of thiophene rings is 6. The van der Waals surface area contributed by atoms with Gasteiger partial charge in [-0.1, -0.05) is 60.7 Å². The third kappa shape index (κ3) is 6.98. The Morgan fingerprint density at radius 2 is 1.15 bits per heavy atom. The van der Waals surface area contributed by atoms with Crippen LogP contribution < -0.4 is 10.5 Å². The molecule has 2 N–H and O–H groups in total. The number of benzene rings is 2. The van der Waals surface area contributed by atoms with Gasteiger partial charge in [-0.25, -0.2) is 19.6 Å². The number of ether oxygens (including phenoxy) is 3. The minimum Gasteiger partial charge on any atom is -0.457 e. The lowest BCUT2D eigenvalue weighted by Crippen LogP contribution is -2.52. The molecule has 0 bridgehead atoms. The quantitative estimate of drug-likeness (QED) is 0.0604. The molecule has 9 rings (SSSR count). The van der Waals surface area contributed by atoms with Gasteiger partial charge in [0.1, 0.15) is 41.4 Å². The first kappa shape index (κ1) is 38.1. The van der Waals surface area contributed by atoms with Crippen molar-refractivity contribution in [2.24, 2.45) is 15.7 Å². The number of aliphatic imine (C=N–C) groups is 2. The number of fused-ring (bicyclic) bond motifs is 7. The second kappa shape index (κ2) is 15.7. The van der Waals surface area contributed by atoms with Crippen molar-refractivity contribution < 1.29 is 23.8 Å². The second-order valence-corrected chi connectivity index (χ2v) is 19.0. The molecule has 0 saturated carbocycles. The highest BCUT2D eigenvalue weighted by Gasteiger charge is 2.60. The van der Waals surface area contributed by atoms with E-state index in [0.29, 0.717) is 30.9 Å². The minimum absolute atomic E-state index is 0.116. The Labute approximate surface area is 359 Å². The standard InChI is InChI=1S/C42H22N6O5S6/c43-17-24(18-44)47-32-13-11-25(54-32)27-15-29-36(56-27)34-38(58-29)39-35(37-30(59-39)16-28(57-37)26-12-14-33(55-26)48-31(46)19-45)53-42(34,40(49)51-20-22-7-3-1-4-8-22)41(50)52-21-23-9-5-2-6-10-23/h1-16H,20-21H2,(H2,46,48). The molecular weight excluding hydrogens is 861 g/mol. The van der Waals surface area contributed by atoms with E-state index in [2.05, 4.69) is 9.98 Å². The average molecular weight is 883 g/mol. The predicted molar refractivity (Wildman–Crippen MR) is 235 cm³/mol. The minimum atomic E-state index is -2.36. The largest absolute Gasteiger partial charge is 0.457 e. The van der Waals surface area contributed by atoms with Gasteiger partial charge in [-0.3, -0.25) is 0 Å². The van der Waals surface area contributed by atoms with Gasteiger partial charge in [0.2, 0.25) is 11.5 Å². The zero-order valence-corrected chi connectivity index (χ0v) is 34.9. The fraction of sp³-hybridized carbons (Fsp3) is 0.0714. The molecule has 0 aliphatic carbocycles. The number of esters is 2. The maximum absolute atomic E-state index is 15.0. The van der Waals surface area contributed by atoms with Crippen molar-refractivity contribution in [1.82, 2.24) is 0 Å². The van der Waals surface area contributed by atoms with E-state index in [4.69, 9.17) is 25.2 Å². The Balaban J connectivity index is 1.21. The normalized spacial score (nSPS) is 12.7. The second-order valence-electron chi connectivity index (χ2n) is 12.6. The van der Waals surface area contributed by atoms with Crippen LogP contribution >= 0.6 is 68.0 Å². The van der Waals surface area contributed by atoms with E-state index < -0.39 is 17.5 Å². The van der Waals surface area contributed by atoms with Gasteiger partial charge >= 0.3 is 17.5 Å². The molecule has 7 heterocycles. The van der Waals surface area contributed by atoms with Gasteiger partial charge < -0.3 is 19.9 Å². The number of hydrogen-bond acceptors (Lipinski definition) is 16. The zero-order chi connectivity index (χ0) is 40.7. The van der Waals surface area contributed by atoms with E-state index in [1.54, 1.807) is 24.3 Å². The van der Waals surface area contributed by atoms with Crippen molar-refractivity contribution in [3.63, 3.8) is 0 Å². The first-order valence-corrected chi connectivity index (χ1v) is 22.3. The molecule has 0 fully saturated rings. The van der Waals surface area contributed by atoms with Gasteiger partial charge in [-0.05, 0) is 47.5 Å². The number of carbonyl (C=O) groups is 2. The number of nitrogens with two attached hydrogens (primary N) is 1. The van der Waals surface area contributed by atoms with Crippen LogP contribution in [0.2, 0.25) is 0 Å². The van der Waals surface area contributed by atoms with E-state index in [9.17, 15) is 20.1 Å². The van der Waals surface area contributed by atoms with Gasteiger partial charge in [0.25, 0.3) is 0 Å². The van der Waals surface area contributed by atoms with Crippen LogP contribution in [0.4, 0.5) is 10.0 Å². The molecule has 17 heteroatoms. The average Bonchev–Trinajstić information content (AvgIpc) is 4.12. The third-order valence-corrected chi connectivity index (χ3v) is 16.3. The number of nitrogens with zero attached hydrogens (tertiary/aromatic N) is 5. The van der Waals surface area contributed by atoms with Crippen molar-refractivity contribution in [2.45, 2.75) is 18.8 Å². The van der Waals surface area contributed by atoms with Crippen molar-refractivity contribution in [1.29, 1.82) is 15.8 Å². The van der Waals surface area contributed by atoms with E-state index in [1.165, 1.54) is 68.0 Å². The molecule has 0 amide bonds. The summed E-state index contributed by atoms with van der Waals surface area (Å²) in [4.78, 5) is 43.2. The molecule has 59 heavy (non-hydrogen) atoms. The lowest BCUT2D eigenvalue weighted by molar-refractivity contribution is -0.183. The smallest absolute Gasteiger partial charge is 0.367 e. The van der Waals surface area contributed by atoms with Crippen LogP contribution in [0.3, 0.4) is 0 Å². The monoisotopic (exact) mass is 882 g/mol. The predicted octanol–water partition coefficient (Wildman–Crippen LogP) is 11.1. The van der Waals surface area contributed by atoms with Gasteiger partial charge in [0.15, 0.2) is 5.75 Å². The fourth-order valence-corrected chi connectivity index (χ4v) is 13.6. The van der Waals surface area contributed by atoms with Crippen LogP contribution in [-0.4, -0.2) is 23.5 Å². The molecule has 1 aliphatic heterocycles. The molecular formula is C42H22N6O5S6. The van der Waals surface area contributed by atoms with Crippen LogP contribution in [0.1, 0.15) is 16.7 Å². The molecule has 0 unspecified atom stereocenters. The highest BCUT2D eigenvalue weighted by Crippen LogP contribution is 2.62. The summed E-state index contributed by atoms with van der Waals surface area (Å²) in [6.07, 6.45) is 0. The molecule has 0 spiro atoms. The Morgan fingerprint density at radius 3 is 1.71 bits per heavy atom. The van der Waals surface area contributed by atoms with Gasteiger partial charge in [-0.15, -0.1) is 68.0 Å². The summed E-state index contributed by atoms with van der Waals surface area (Å²) in [7, 11) is 0. The summed E-state index contributed by atoms with van der Waals surface area (Å²) in [5, 5.41) is 28.7. The highest BCUT2D eigenvalue weighted by atomic mass is 32.1. The summed E-state index contributed by atoms with van der Waals surface area (Å²) < 4.78 is 22.1. The number of rotatable bonds is 10. The summed E-state index contributed by atoms with van der Waals surface area (Å²) in [5.74, 6) is -1.59. The van der Waals surface area contributed by atoms with E-state index >= 15 is 0 Å². The van der Waals surface area contributed by atoms with Crippen molar-refractivity contribution in [2.75, 3.05) is 0 Å². The number of hydrogen-bond donors (Lipinski definition) is 1. The van der Waals surface area contributed by atoms with Gasteiger partial charge in [-0.2, -0.15) is 15.8 Å². The van der Waals surface area contributed by atoms with E-state index in [-0.39, 0.29) is 24.8 Å². The Morgan fingerprint density at radius 1 is 0.627 bits per heavy atom. The third-order valence-electron chi connectivity index (χ3n) is 8.95. The lowest BCUT2D eigenvalue weighted by atomic mass is 9.90. The molecule has 8 aromatic rings. The number of nitriles is 3. The molecule has 6 aromatic heterocycles. The SMILES string of the molecule is N#CC(N)=Nc1ccc(-c2cc3sc4c(c3s2)OC(C(=O)OCc2ccccc2)(C(=O)OCc2ccccc2)c2c-4sc3cc(-c4ccc(N=C(C#N)C#N)s4)sc23)s1. The van der Waals surface area contributed by atoms with Crippen molar-refractivity contribution in [3.8, 4) is 53.2 Å².